The van der Waals surface area contributed by atoms with Crippen LogP contribution in [0.3, 0.4) is 0 Å². The molecule has 172 valence electrons. The Bertz CT molecular complexity index is 1250. The van der Waals surface area contributed by atoms with Gasteiger partial charge in [0.05, 0.1) is 11.3 Å². The molecule has 0 saturated carbocycles. The van der Waals surface area contributed by atoms with Crippen LogP contribution >= 0.6 is 0 Å². The molecule has 0 unspecified atom stereocenters. The molecule has 0 aliphatic carbocycles. The number of amides is 2. The Hall–Kier alpha value is -4.02. The van der Waals surface area contributed by atoms with E-state index in [0.29, 0.717) is 0 Å². The van der Waals surface area contributed by atoms with Gasteiger partial charge in [-0.05, 0) is 43.3 Å². The summed E-state index contributed by atoms with van der Waals surface area (Å²) in [6, 6.07) is 10.2. The number of alkyl halides is 3. The molecule has 0 radical (unpaired) electrons. The maximum atomic E-state index is 13.5. The second-order valence-electron chi connectivity index (χ2n) is 7.07. The first kappa shape index (κ1) is 23.6. The molecule has 7 nitrogen and oxygen atoms in total. The Balaban J connectivity index is 2.14. The maximum Gasteiger partial charge on any atom is 0.418 e. The first-order valence-corrected chi connectivity index (χ1v) is 9.62. The predicted octanol–water partition coefficient (Wildman–Crippen LogP) is 3.22. The summed E-state index contributed by atoms with van der Waals surface area (Å²) < 4.78 is 54.7. The molecule has 2 N–H and O–H groups in total. The van der Waals surface area contributed by atoms with E-state index < -0.39 is 40.5 Å². The van der Waals surface area contributed by atoms with Crippen LogP contribution in [0.15, 0.2) is 59.4 Å². The van der Waals surface area contributed by atoms with Gasteiger partial charge in [0.15, 0.2) is 5.69 Å². The Kier molecular flexibility index (Phi) is 6.61. The molecule has 3 rings (SSSR count). The summed E-state index contributed by atoms with van der Waals surface area (Å²) >= 11 is 0. The number of carbonyl (C=O) groups excluding carboxylic acids is 2. The van der Waals surface area contributed by atoms with Crippen molar-refractivity contribution < 1.29 is 27.2 Å². The fourth-order valence-electron chi connectivity index (χ4n) is 3.16. The summed E-state index contributed by atoms with van der Waals surface area (Å²) in [6.07, 6.45) is -4.99. The largest absolute Gasteiger partial charge is 0.418 e. The normalized spacial score (nSPS) is 11.3. The lowest BCUT2D eigenvalue weighted by atomic mass is 10.1. The smallest absolute Gasteiger partial charge is 0.370 e. The van der Waals surface area contributed by atoms with Gasteiger partial charge in [-0.1, -0.05) is 12.1 Å². The molecule has 0 aliphatic heterocycles. The van der Waals surface area contributed by atoms with Crippen LogP contribution < -0.4 is 16.1 Å². The second kappa shape index (κ2) is 9.23. The van der Waals surface area contributed by atoms with E-state index in [1.807, 2.05) is 0 Å². The van der Waals surface area contributed by atoms with Gasteiger partial charge >= 0.3 is 6.18 Å². The minimum atomic E-state index is -4.71. The summed E-state index contributed by atoms with van der Waals surface area (Å²) in [4.78, 5) is 38.1. The SMILES string of the molecule is Cc1cc(=O)c(C(=O)N(CCC(N)=O)c2ccc(F)cc2)nn1-c1ccccc1C(F)(F)F. The summed E-state index contributed by atoms with van der Waals surface area (Å²) in [5.41, 5.74) is 2.49. The summed E-state index contributed by atoms with van der Waals surface area (Å²) in [5.74, 6) is -2.30. The molecule has 1 aromatic heterocycles. The minimum absolute atomic E-state index is 0.0683. The standard InChI is InChI=1S/C22H18F4N4O3/c1-13-12-18(31)20(28-30(13)17-5-3-2-4-16(17)22(24,25)26)21(33)29(11-10-19(27)32)15-8-6-14(23)7-9-15/h2-9,12H,10-11H2,1H3,(H2,27,32). The van der Waals surface area contributed by atoms with E-state index in [0.717, 1.165) is 39.9 Å². The van der Waals surface area contributed by atoms with Gasteiger partial charge < -0.3 is 10.6 Å². The van der Waals surface area contributed by atoms with Crippen molar-refractivity contribution in [1.82, 2.24) is 9.78 Å². The van der Waals surface area contributed by atoms with Gasteiger partial charge in [-0.25, -0.2) is 9.07 Å². The Morgan fingerprint density at radius 3 is 2.33 bits per heavy atom. The molecular formula is C22H18F4N4O3. The van der Waals surface area contributed by atoms with Gasteiger partial charge in [-0.15, -0.1) is 0 Å². The van der Waals surface area contributed by atoms with Crippen LogP contribution in [0.5, 0.6) is 0 Å². The van der Waals surface area contributed by atoms with Crippen molar-refractivity contribution in [2.24, 2.45) is 5.73 Å². The van der Waals surface area contributed by atoms with Crippen LogP contribution in [0.25, 0.3) is 5.69 Å². The number of primary amides is 1. The topological polar surface area (TPSA) is 98.3 Å². The first-order valence-electron chi connectivity index (χ1n) is 9.62. The zero-order valence-electron chi connectivity index (χ0n) is 17.3. The Labute approximate surface area is 185 Å². The number of anilines is 1. The third-order valence-corrected chi connectivity index (χ3v) is 4.71. The zero-order chi connectivity index (χ0) is 24.3. The Morgan fingerprint density at radius 1 is 1.09 bits per heavy atom. The van der Waals surface area contributed by atoms with E-state index in [1.165, 1.54) is 31.2 Å². The molecule has 0 fully saturated rings. The van der Waals surface area contributed by atoms with Crippen molar-refractivity contribution in [3.05, 3.63) is 87.6 Å². The summed E-state index contributed by atoms with van der Waals surface area (Å²) in [6.45, 7) is 1.12. The average molecular weight is 462 g/mol. The number of nitrogens with two attached hydrogens (primary N) is 1. The van der Waals surface area contributed by atoms with E-state index in [2.05, 4.69) is 5.10 Å². The third-order valence-electron chi connectivity index (χ3n) is 4.71. The molecule has 2 aromatic carbocycles. The van der Waals surface area contributed by atoms with E-state index in [4.69, 9.17) is 5.73 Å². The summed E-state index contributed by atoms with van der Waals surface area (Å²) in [7, 11) is 0. The fraction of sp³-hybridized carbons (Fsp3) is 0.182. The molecule has 0 aliphatic rings. The van der Waals surface area contributed by atoms with Crippen LogP contribution in [0.1, 0.15) is 28.2 Å². The van der Waals surface area contributed by atoms with Crippen LogP contribution in [-0.4, -0.2) is 28.1 Å². The second-order valence-corrected chi connectivity index (χ2v) is 7.07. The highest BCUT2D eigenvalue weighted by Crippen LogP contribution is 2.33. The maximum absolute atomic E-state index is 13.5. The van der Waals surface area contributed by atoms with Crippen molar-refractivity contribution in [2.45, 2.75) is 19.5 Å². The fourth-order valence-corrected chi connectivity index (χ4v) is 3.16. The molecule has 0 bridgehead atoms. The summed E-state index contributed by atoms with van der Waals surface area (Å²) in [5, 5.41) is 3.93. The monoisotopic (exact) mass is 462 g/mol. The zero-order valence-corrected chi connectivity index (χ0v) is 17.3. The van der Waals surface area contributed by atoms with Crippen LogP contribution in [0.4, 0.5) is 23.2 Å². The highest BCUT2D eigenvalue weighted by atomic mass is 19.4. The lowest BCUT2D eigenvalue weighted by molar-refractivity contribution is -0.137. The van der Waals surface area contributed by atoms with Gasteiger partial charge in [-0.3, -0.25) is 14.4 Å². The number of hydrogen-bond acceptors (Lipinski definition) is 4. The van der Waals surface area contributed by atoms with Crippen LogP contribution in [0, 0.1) is 12.7 Å². The third kappa shape index (κ3) is 5.25. The van der Waals surface area contributed by atoms with Gasteiger partial charge in [0.1, 0.15) is 5.82 Å². The predicted molar refractivity (Wildman–Crippen MR) is 111 cm³/mol. The number of carbonyl (C=O) groups is 2. The number of rotatable bonds is 6. The molecule has 0 atom stereocenters. The number of para-hydroxylation sites is 1. The quantitative estimate of drug-likeness (QED) is 0.569. The molecular weight excluding hydrogens is 444 g/mol. The number of benzene rings is 2. The van der Waals surface area contributed by atoms with Crippen molar-refractivity contribution in [3.8, 4) is 5.69 Å². The lowest BCUT2D eigenvalue weighted by Gasteiger charge is -2.23. The van der Waals surface area contributed by atoms with E-state index >= 15 is 0 Å². The number of nitrogens with zero attached hydrogens (tertiary/aromatic N) is 3. The van der Waals surface area contributed by atoms with E-state index in [-0.39, 0.29) is 30.0 Å². The molecule has 33 heavy (non-hydrogen) atoms. The van der Waals surface area contributed by atoms with Gasteiger partial charge in [0, 0.05) is 30.4 Å². The average Bonchev–Trinajstić information content (AvgIpc) is 2.74. The van der Waals surface area contributed by atoms with Gasteiger partial charge in [0.2, 0.25) is 11.3 Å². The number of aromatic nitrogens is 2. The number of halogens is 4. The lowest BCUT2D eigenvalue weighted by Crippen LogP contribution is -2.38. The molecule has 2 amide bonds. The van der Waals surface area contributed by atoms with Gasteiger partial charge in [0.25, 0.3) is 5.91 Å². The molecule has 0 spiro atoms. The van der Waals surface area contributed by atoms with Gasteiger partial charge in [-0.2, -0.15) is 18.3 Å². The van der Waals surface area contributed by atoms with Crippen molar-refractivity contribution in [3.63, 3.8) is 0 Å². The van der Waals surface area contributed by atoms with E-state index in [9.17, 15) is 31.9 Å². The molecule has 3 aromatic rings. The van der Waals surface area contributed by atoms with Crippen LogP contribution in [-0.2, 0) is 11.0 Å². The highest BCUT2D eigenvalue weighted by Gasteiger charge is 2.34. The van der Waals surface area contributed by atoms with Crippen molar-refractivity contribution in [1.29, 1.82) is 0 Å². The molecule has 11 heteroatoms. The molecule has 0 saturated heterocycles. The first-order chi connectivity index (χ1) is 15.5. The minimum Gasteiger partial charge on any atom is -0.370 e. The Morgan fingerprint density at radius 2 is 1.73 bits per heavy atom. The van der Waals surface area contributed by atoms with E-state index in [1.54, 1.807) is 0 Å². The number of hydrogen-bond donors (Lipinski definition) is 1. The van der Waals surface area contributed by atoms with Crippen molar-refractivity contribution >= 4 is 17.5 Å². The highest BCUT2D eigenvalue weighted by molar-refractivity contribution is 6.05. The number of aryl methyl sites for hydroxylation is 1. The van der Waals surface area contributed by atoms with Crippen molar-refractivity contribution in [2.75, 3.05) is 11.4 Å². The van der Waals surface area contributed by atoms with Crippen LogP contribution in [0.2, 0.25) is 0 Å². The molecule has 1 heterocycles.